The molecule has 2 heterocycles. The van der Waals surface area contributed by atoms with Crippen LogP contribution in [0.2, 0.25) is 0 Å². The third-order valence-corrected chi connectivity index (χ3v) is 3.33. The number of aromatic carboxylic acids is 1. The lowest BCUT2D eigenvalue weighted by molar-refractivity contribution is 0.0689. The Hall–Kier alpha value is -2.70. The van der Waals surface area contributed by atoms with Gasteiger partial charge in [-0.05, 0) is 26.0 Å². The summed E-state index contributed by atoms with van der Waals surface area (Å²) in [6.07, 6.45) is 1.25. The van der Waals surface area contributed by atoms with Gasteiger partial charge in [-0.25, -0.2) is 9.78 Å². The maximum Gasteiger partial charge on any atom is 0.354 e. The van der Waals surface area contributed by atoms with Gasteiger partial charge >= 0.3 is 5.97 Å². The first-order chi connectivity index (χ1) is 9.90. The van der Waals surface area contributed by atoms with Crippen molar-refractivity contribution in [3.8, 4) is 0 Å². The molecule has 0 bridgehead atoms. The molecule has 0 fully saturated rings. The minimum absolute atomic E-state index is 0.0921. The minimum Gasteiger partial charge on any atom is -0.477 e. The number of nitrogens with one attached hydrogen (secondary N) is 1. The van der Waals surface area contributed by atoms with Gasteiger partial charge in [0.1, 0.15) is 5.69 Å². The van der Waals surface area contributed by atoms with E-state index < -0.39 is 5.97 Å². The van der Waals surface area contributed by atoms with Gasteiger partial charge in [0.25, 0.3) is 5.91 Å². The van der Waals surface area contributed by atoms with Crippen LogP contribution < -0.4 is 5.32 Å². The van der Waals surface area contributed by atoms with Crippen LogP contribution >= 0.6 is 0 Å². The van der Waals surface area contributed by atoms with E-state index in [0.717, 1.165) is 17.0 Å². The number of carbonyl (C=O) groups excluding carboxylic acids is 1. The summed E-state index contributed by atoms with van der Waals surface area (Å²) in [5.41, 5.74) is 3.06. The topological polar surface area (TPSA) is 97.1 Å². The largest absolute Gasteiger partial charge is 0.477 e. The molecule has 0 atom stereocenters. The van der Waals surface area contributed by atoms with E-state index >= 15 is 0 Å². The number of hydrogen-bond acceptors (Lipinski definition) is 4. The van der Waals surface area contributed by atoms with Crippen molar-refractivity contribution in [2.75, 3.05) is 0 Å². The van der Waals surface area contributed by atoms with Crippen molar-refractivity contribution in [2.45, 2.75) is 20.4 Å². The Morgan fingerprint density at radius 3 is 2.52 bits per heavy atom. The van der Waals surface area contributed by atoms with E-state index in [0.29, 0.717) is 12.1 Å². The van der Waals surface area contributed by atoms with E-state index in [4.69, 9.17) is 5.11 Å². The number of nitrogens with zero attached hydrogens (tertiary/aromatic N) is 3. The van der Waals surface area contributed by atoms with E-state index in [1.165, 1.54) is 18.3 Å². The highest BCUT2D eigenvalue weighted by Crippen LogP contribution is 2.11. The monoisotopic (exact) mass is 288 g/mol. The molecule has 110 valence electrons. The van der Waals surface area contributed by atoms with Gasteiger partial charge in [-0.15, -0.1) is 0 Å². The van der Waals surface area contributed by atoms with Gasteiger partial charge in [0.2, 0.25) is 0 Å². The quantitative estimate of drug-likeness (QED) is 0.876. The van der Waals surface area contributed by atoms with Crippen molar-refractivity contribution in [1.82, 2.24) is 20.1 Å². The van der Waals surface area contributed by atoms with E-state index in [1.54, 1.807) is 4.68 Å². The fraction of sp³-hybridized carbons (Fsp3) is 0.286. The van der Waals surface area contributed by atoms with Crippen molar-refractivity contribution >= 4 is 11.9 Å². The van der Waals surface area contributed by atoms with Gasteiger partial charge < -0.3 is 10.4 Å². The van der Waals surface area contributed by atoms with Gasteiger partial charge in [-0.1, -0.05) is 0 Å². The molecule has 0 aromatic carbocycles. The summed E-state index contributed by atoms with van der Waals surface area (Å²) in [5, 5.41) is 15.8. The maximum absolute atomic E-state index is 12.0. The molecule has 0 spiro atoms. The molecule has 7 heteroatoms. The molecule has 21 heavy (non-hydrogen) atoms. The molecule has 0 saturated heterocycles. The van der Waals surface area contributed by atoms with Crippen molar-refractivity contribution < 1.29 is 14.7 Å². The minimum atomic E-state index is -1.12. The van der Waals surface area contributed by atoms with Gasteiger partial charge in [-0.3, -0.25) is 9.48 Å². The summed E-state index contributed by atoms with van der Waals surface area (Å²) in [6, 6.07) is 2.74. The van der Waals surface area contributed by atoms with Gasteiger partial charge in [0.15, 0.2) is 0 Å². The average Bonchev–Trinajstić information content (AvgIpc) is 2.70. The predicted octanol–water partition coefficient (Wildman–Crippen LogP) is 1.06. The van der Waals surface area contributed by atoms with E-state index in [2.05, 4.69) is 15.4 Å². The van der Waals surface area contributed by atoms with Crippen LogP contribution in [0.15, 0.2) is 18.3 Å². The number of pyridine rings is 1. The fourth-order valence-corrected chi connectivity index (χ4v) is 2.00. The highest BCUT2D eigenvalue weighted by Gasteiger charge is 2.12. The molecule has 0 unspecified atom stereocenters. The van der Waals surface area contributed by atoms with Gasteiger partial charge in [-0.2, -0.15) is 5.10 Å². The smallest absolute Gasteiger partial charge is 0.354 e. The molecule has 2 rings (SSSR count). The summed E-state index contributed by atoms with van der Waals surface area (Å²) in [5.74, 6) is -1.43. The number of aromatic nitrogens is 3. The Kier molecular flexibility index (Phi) is 4.02. The first kappa shape index (κ1) is 14.7. The van der Waals surface area contributed by atoms with Crippen LogP contribution in [0.25, 0.3) is 0 Å². The number of carboxylic acids is 1. The van der Waals surface area contributed by atoms with Crippen molar-refractivity contribution in [1.29, 1.82) is 0 Å². The fourth-order valence-electron chi connectivity index (χ4n) is 2.00. The number of carboxylic acid groups (broad SMARTS) is 1. The van der Waals surface area contributed by atoms with Crippen LogP contribution in [0, 0.1) is 13.8 Å². The zero-order valence-electron chi connectivity index (χ0n) is 12.0. The standard InChI is InChI=1S/C14H16N4O3/c1-8-11(9(2)18(3)17-8)7-16-13(19)10-4-5-12(14(20)21)15-6-10/h4-6H,7H2,1-3H3,(H,16,19)(H,20,21). The lowest BCUT2D eigenvalue weighted by Gasteiger charge is -2.06. The van der Waals surface area contributed by atoms with Crippen molar-refractivity contribution in [3.63, 3.8) is 0 Å². The number of carbonyl (C=O) groups is 2. The average molecular weight is 288 g/mol. The van der Waals surface area contributed by atoms with Crippen LogP contribution in [-0.2, 0) is 13.6 Å². The molecule has 2 N–H and O–H groups in total. The summed E-state index contributed by atoms with van der Waals surface area (Å²) in [4.78, 5) is 26.4. The second kappa shape index (κ2) is 5.74. The van der Waals surface area contributed by atoms with E-state index in [1.807, 2.05) is 20.9 Å². The van der Waals surface area contributed by atoms with Crippen molar-refractivity contribution in [2.24, 2.45) is 7.05 Å². The second-order valence-corrected chi connectivity index (χ2v) is 4.69. The Labute approximate surface area is 121 Å². The Morgan fingerprint density at radius 1 is 1.33 bits per heavy atom. The third kappa shape index (κ3) is 3.07. The zero-order chi connectivity index (χ0) is 15.6. The van der Waals surface area contributed by atoms with Crippen LogP contribution in [0.3, 0.4) is 0 Å². The predicted molar refractivity (Wildman–Crippen MR) is 75.0 cm³/mol. The number of hydrogen-bond donors (Lipinski definition) is 2. The highest BCUT2D eigenvalue weighted by molar-refractivity contribution is 5.94. The summed E-state index contributed by atoms with van der Waals surface area (Å²) >= 11 is 0. The zero-order valence-corrected chi connectivity index (χ0v) is 12.0. The van der Waals surface area contributed by atoms with Crippen LogP contribution in [0.4, 0.5) is 0 Å². The molecular weight excluding hydrogens is 272 g/mol. The highest BCUT2D eigenvalue weighted by atomic mass is 16.4. The molecule has 7 nitrogen and oxygen atoms in total. The third-order valence-electron chi connectivity index (χ3n) is 3.33. The number of amides is 1. The normalized spacial score (nSPS) is 10.4. The van der Waals surface area contributed by atoms with Crippen LogP contribution in [0.1, 0.15) is 37.8 Å². The van der Waals surface area contributed by atoms with E-state index in [9.17, 15) is 9.59 Å². The molecule has 2 aromatic heterocycles. The van der Waals surface area contributed by atoms with Crippen LogP contribution in [-0.4, -0.2) is 31.7 Å². The molecule has 0 aliphatic carbocycles. The SMILES string of the molecule is Cc1nn(C)c(C)c1CNC(=O)c1ccc(C(=O)O)nc1. The first-order valence-corrected chi connectivity index (χ1v) is 6.36. The van der Waals surface area contributed by atoms with Gasteiger partial charge in [0.05, 0.1) is 11.3 Å². The number of aryl methyl sites for hydroxylation is 2. The molecule has 0 aliphatic heterocycles. The Balaban J connectivity index is 2.06. The molecule has 1 amide bonds. The summed E-state index contributed by atoms with van der Waals surface area (Å²) in [7, 11) is 1.85. The second-order valence-electron chi connectivity index (χ2n) is 4.69. The molecular formula is C14H16N4O3. The van der Waals surface area contributed by atoms with Crippen LogP contribution in [0.5, 0.6) is 0 Å². The maximum atomic E-state index is 12.0. The van der Waals surface area contributed by atoms with E-state index in [-0.39, 0.29) is 11.6 Å². The molecule has 2 aromatic rings. The number of rotatable bonds is 4. The Morgan fingerprint density at radius 2 is 2.05 bits per heavy atom. The molecule has 0 radical (unpaired) electrons. The Bertz CT molecular complexity index is 689. The van der Waals surface area contributed by atoms with Gasteiger partial charge in [0, 0.05) is 31.0 Å². The first-order valence-electron chi connectivity index (χ1n) is 6.36. The lowest BCUT2D eigenvalue weighted by atomic mass is 10.2. The summed E-state index contributed by atoms with van der Waals surface area (Å²) < 4.78 is 1.76. The molecule has 0 aliphatic rings. The van der Waals surface area contributed by atoms with Crippen molar-refractivity contribution in [3.05, 3.63) is 46.5 Å². The summed E-state index contributed by atoms with van der Waals surface area (Å²) in [6.45, 7) is 4.19. The lowest BCUT2D eigenvalue weighted by Crippen LogP contribution is -2.23. The molecule has 0 saturated carbocycles.